The van der Waals surface area contributed by atoms with Gasteiger partial charge in [-0.05, 0) is 20.8 Å². The van der Waals surface area contributed by atoms with Crippen LogP contribution in [0.5, 0.6) is 0 Å². The van der Waals surface area contributed by atoms with E-state index in [4.69, 9.17) is 4.84 Å². The quantitative estimate of drug-likeness (QED) is 0.519. The molecule has 1 atom stereocenters. The number of nitrogens with zero attached hydrogens (tertiary/aromatic N) is 1. The van der Waals surface area contributed by atoms with Crippen LogP contribution in [-0.4, -0.2) is 43.3 Å². The maximum atomic E-state index is 11.7. The number of imide groups is 1. The molecular weight excluding hydrogens is 250 g/mol. The second-order valence-corrected chi connectivity index (χ2v) is 6.47. The van der Waals surface area contributed by atoms with Gasteiger partial charge in [-0.3, -0.25) is 18.6 Å². The molecule has 0 aromatic rings. The van der Waals surface area contributed by atoms with E-state index < -0.39 is 39.2 Å². The first-order valence-corrected chi connectivity index (χ1v) is 6.41. The first-order chi connectivity index (χ1) is 7.58. The number of rotatable bonds is 3. The SMILES string of the molecule is COS(=O)(=O)C1CC(=O)N(OC(C)(C)C)C1=O. The highest BCUT2D eigenvalue weighted by atomic mass is 32.2. The molecule has 0 bridgehead atoms. The first kappa shape index (κ1) is 14.1. The fourth-order valence-electron chi connectivity index (χ4n) is 1.29. The molecule has 0 spiro atoms. The van der Waals surface area contributed by atoms with Gasteiger partial charge in [0.25, 0.3) is 21.9 Å². The minimum Gasteiger partial charge on any atom is -0.273 e. The minimum absolute atomic E-state index is 0.453. The van der Waals surface area contributed by atoms with Crippen LogP contribution < -0.4 is 0 Å². The molecule has 0 saturated carbocycles. The zero-order valence-electron chi connectivity index (χ0n) is 10.1. The Morgan fingerprint density at radius 2 is 1.82 bits per heavy atom. The Hall–Kier alpha value is -0.990. The highest BCUT2D eigenvalue weighted by Crippen LogP contribution is 2.24. The van der Waals surface area contributed by atoms with Crippen LogP contribution in [0.3, 0.4) is 0 Å². The van der Waals surface area contributed by atoms with Gasteiger partial charge in [0, 0.05) is 0 Å². The Labute approximate surface area is 99.8 Å². The topological polar surface area (TPSA) is 90.0 Å². The van der Waals surface area contributed by atoms with E-state index in [-0.39, 0.29) is 0 Å². The van der Waals surface area contributed by atoms with Gasteiger partial charge in [-0.1, -0.05) is 0 Å². The Balaban J connectivity index is 2.94. The Morgan fingerprint density at radius 1 is 1.29 bits per heavy atom. The maximum absolute atomic E-state index is 11.7. The number of carbonyl (C=O) groups excluding carboxylic acids is 2. The average Bonchev–Trinajstić information content (AvgIpc) is 2.44. The van der Waals surface area contributed by atoms with Crippen molar-refractivity contribution in [3.63, 3.8) is 0 Å². The molecule has 17 heavy (non-hydrogen) atoms. The number of hydrogen-bond acceptors (Lipinski definition) is 6. The second kappa shape index (κ2) is 4.35. The summed E-state index contributed by atoms with van der Waals surface area (Å²) in [5, 5.41) is -1.01. The molecule has 1 rings (SSSR count). The van der Waals surface area contributed by atoms with Gasteiger partial charge in [-0.15, -0.1) is 0 Å². The van der Waals surface area contributed by atoms with Crippen LogP contribution in [-0.2, 0) is 28.7 Å². The second-order valence-electron chi connectivity index (χ2n) is 4.58. The smallest absolute Gasteiger partial charge is 0.273 e. The van der Waals surface area contributed by atoms with Crippen molar-refractivity contribution in [3.05, 3.63) is 0 Å². The molecule has 1 saturated heterocycles. The monoisotopic (exact) mass is 265 g/mol. The van der Waals surface area contributed by atoms with Gasteiger partial charge in [0.15, 0.2) is 5.25 Å². The van der Waals surface area contributed by atoms with Crippen molar-refractivity contribution >= 4 is 21.9 Å². The van der Waals surface area contributed by atoms with Crippen LogP contribution in [0.1, 0.15) is 27.2 Å². The third kappa shape index (κ3) is 3.02. The highest BCUT2D eigenvalue weighted by Gasteiger charge is 2.48. The Morgan fingerprint density at radius 3 is 2.24 bits per heavy atom. The van der Waals surface area contributed by atoms with Gasteiger partial charge in [0.1, 0.15) is 0 Å². The summed E-state index contributed by atoms with van der Waals surface area (Å²) in [7, 11) is -3.12. The van der Waals surface area contributed by atoms with Crippen molar-refractivity contribution in [2.24, 2.45) is 0 Å². The molecule has 2 amide bonds. The lowest BCUT2D eigenvalue weighted by molar-refractivity contribution is -0.218. The highest BCUT2D eigenvalue weighted by molar-refractivity contribution is 7.88. The fourth-order valence-corrected chi connectivity index (χ4v) is 2.22. The van der Waals surface area contributed by atoms with E-state index in [0.717, 1.165) is 7.11 Å². The van der Waals surface area contributed by atoms with Crippen molar-refractivity contribution in [3.8, 4) is 0 Å². The molecule has 98 valence electrons. The number of carbonyl (C=O) groups is 2. The number of hydroxylamine groups is 2. The lowest BCUT2D eigenvalue weighted by atomic mass is 10.2. The molecule has 1 fully saturated rings. The zero-order chi connectivity index (χ0) is 13.4. The summed E-state index contributed by atoms with van der Waals surface area (Å²) < 4.78 is 27.0. The summed E-state index contributed by atoms with van der Waals surface area (Å²) >= 11 is 0. The third-order valence-corrected chi connectivity index (χ3v) is 3.54. The van der Waals surface area contributed by atoms with E-state index in [0.29, 0.717) is 5.06 Å². The Kier molecular flexibility index (Phi) is 3.60. The van der Waals surface area contributed by atoms with Crippen LogP contribution in [0.15, 0.2) is 0 Å². The molecule has 1 heterocycles. The van der Waals surface area contributed by atoms with Crippen LogP contribution in [0.4, 0.5) is 0 Å². The fraction of sp³-hybridized carbons (Fsp3) is 0.778. The normalized spacial score (nSPS) is 22.4. The van der Waals surface area contributed by atoms with Gasteiger partial charge in [-0.2, -0.15) is 13.5 Å². The molecule has 0 aromatic carbocycles. The number of amides is 2. The largest absolute Gasteiger partial charge is 0.279 e. The van der Waals surface area contributed by atoms with E-state index in [1.165, 1.54) is 0 Å². The molecule has 0 aromatic heterocycles. The molecular formula is C9H15NO6S. The van der Waals surface area contributed by atoms with Crippen LogP contribution >= 0.6 is 0 Å². The molecule has 7 nitrogen and oxygen atoms in total. The predicted octanol–water partition coefficient (Wildman–Crippen LogP) is -0.180. The van der Waals surface area contributed by atoms with Crippen LogP contribution in [0.2, 0.25) is 0 Å². The lowest BCUT2D eigenvalue weighted by Gasteiger charge is -2.24. The van der Waals surface area contributed by atoms with Gasteiger partial charge >= 0.3 is 0 Å². The standard InChI is InChI=1S/C9H15NO6S/c1-9(2,3)16-10-7(11)5-6(8(10)12)17(13,14)15-4/h6H,5H2,1-4H3. The van der Waals surface area contributed by atoms with Gasteiger partial charge < -0.3 is 0 Å². The van der Waals surface area contributed by atoms with Gasteiger partial charge in [0.2, 0.25) is 0 Å². The molecule has 1 aliphatic rings. The first-order valence-electron chi connectivity index (χ1n) is 4.94. The van der Waals surface area contributed by atoms with E-state index in [1.807, 2.05) is 0 Å². The molecule has 1 aliphatic heterocycles. The van der Waals surface area contributed by atoms with E-state index >= 15 is 0 Å². The van der Waals surface area contributed by atoms with E-state index in [1.54, 1.807) is 20.8 Å². The van der Waals surface area contributed by atoms with Crippen molar-refractivity contribution in [2.45, 2.75) is 38.0 Å². The summed E-state index contributed by atoms with van der Waals surface area (Å²) in [6.07, 6.45) is -0.453. The molecule has 1 unspecified atom stereocenters. The molecule has 0 aliphatic carbocycles. The predicted molar refractivity (Wildman–Crippen MR) is 57.0 cm³/mol. The number of hydrogen-bond donors (Lipinski definition) is 0. The van der Waals surface area contributed by atoms with Crippen LogP contribution in [0, 0.1) is 0 Å². The minimum atomic E-state index is -4.06. The van der Waals surface area contributed by atoms with Crippen molar-refractivity contribution in [1.82, 2.24) is 5.06 Å². The Bertz CT molecular complexity index is 435. The van der Waals surface area contributed by atoms with Crippen molar-refractivity contribution < 1.29 is 27.0 Å². The van der Waals surface area contributed by atoms with Gasteiger partial charge in [-0.25, -0.2) is 0 Å². The lowest BCUT2D eigenvalue weighted by Crippen LogP contribution is -2.40. The maximum Gasteiger partial charge on any atom is 0.279 e. The molecule has 0 N–H and O–H groups in total. The zero-order valence-corrected chi connectivity index (χ0v) is 10.9. The average molecular weight is 265 g/mol. The van der Waals surface area contributed by atoms with E-state index in [2.05, 4.69) is 4.18 Å². The molecule has 8 heteroatoms. The third-order valence-electron chi connectivity index (χ3n) is 2.01. The van der Waals surface area contributed by atoms with Gasteiger partial charge in [0.05, 0.1) is 19.1 Å². The summed E-state index contributed by atoms with van der Waals surface area (Å²) in [6, 6.07) is 0. The summed E-state index contributed by atoms with van der Waals surface area (Å²) in [5.41, 5.74) is -0.767. The summed E-state index contributed by atoms with van der Waals surface area (Å²) in [5.74, 6) is -1.60. The summed E-state index contributed by atoms with van der Waals surface area (Å²) in [4.78, 5) is 28.3. The van der Waals surface area contributed by atoms with Crippen molar-refractivity contribution in [2.75, 3.05) is 7.11 Å². The van der Waals surface area contributed by atoms with Crippen LogP contribution in [0.25, 0.3) is 0 Å². The van der Waals surface area contributed by atoms with Crippen molar-refractivity contribution in [1.29, 1.82) is 0 Å². The van der Waals surface area contributed by atoms with E-state index in [9.17, 15) is 18.0 Å². The molecule has 0 radical (unpaired) electrons. The summed E-state index contributed by atoms with van der Waals surface area (Å²) in [6.45, 7) is 4.93.